The van der Waals surface area contributed by atoms with Crippen LogP contribution in [-0.4, -0.2) is 21.4 Å². The first-order valence-corrected chi connectivity index (χ1v) is 8.50. The van der Waals surface area contributed by atoms with E-state index >= 15 is 0 Å². The number of fused-ring (bicyclic) bond motifs is 2. The normalized spacial score (nSPS) is 14.6. The van der Waals surface area contributed by atoms with Crippen molar-refractivity contribution in [2.24, 2.45) is 0 Å². The molecule has 0 bridgehead atoms. The lowest BCUT2D eigenvalue weighted by molar-refractivity contribution is 0.240. The molecule has 0 saturated carbocycles. The molecule has 0 fully saturated rings. The van der Waals surface area contributed by atoms with Crippen molar-refractivity contribution in [3.63, 3.8) is 0 Å². The quantitative estimate of drug-likeness (QED) is 0.691. The van der Waals surface area contributed by atoms with Crippen molar-refractivity contribution >= 4 is 40.1 Å². The summed E-state index contributed by atoms with van der Waals surface area (Å²) in [6.45, 7) is 1.75. The van der Waals surface area contributed by atoms with Crippen molar-refractivity contribution in [1.29, 1.82) is 0 Å². The number of hydrogen-bond acceptors (Lipinski definition) is 6. The number of hydrogen-bond donors (Lipinski definition) is 1. The number of halogens is 2. The fraction of sp³-hybridized carbons (Fsp3) is 0.235. The number of benzene rings is 1. The van der Waals surface area contributed by atoms with E-state index in [0.717, 1.165) is 24.2 Å². The summed E-state index contributed by atoms with van der Waals surface area (Å²) in [5.41, 5.74) is 8.01. The predicted molar refractivity (Wildman–Crippen MR) is 96.8 cm³/mol. The zero-order valence-electron chi connectivity index (χ0n) is 13.1. The Morgan fingerprint density at radius 2 is 2.16 bits per heavy atom. The highest BCUT2D eigenvalue weighted by Gasteiger charge is 2.22. The molecule has 0 unspecified atom stereocenters. The van der Waals surface area contributed by atoms with E-state index in [9.17, 15) is 4.79 Å². The lowest BCUT2D eigenvalue weighted by Gasteiger charge is -2.27. The van der Waals surface area contributed by atoms with E-state index in [-0.39, 0.29) is 5.95 Å². The Morgan fingerprint density at radius 3 is 3.00 bits per heavy atom. The molecule has 0 amide bonds. The average Bonchev–Trinajstić information content (AvgIpc) is 2.59. The van der Waals surface area contributed by atoms with Gasteiger partial charge in [-0.2, -0.15) is 0 Å². The van der Waals surface area contributed by atoms with Crippen LogP contribution in [0.25, 0.3) is 11.0 Å². The highest BCUT2D eigenvalue weighted by molar-refractivity contribution is 6.37. The maximum absolute atomic E-state index is 12.4. The number of anilines is 1. The van der Waals surface area contributed by atoms with Crippen LogP contribution in [0.3, 0.4) is 0 Å². The van der Waals surface area contributed by atoms with Gasteiger partial charge < -0.3 is 10.2 Å². The first-order chi connectivity index (χ1) is 12.0. The molecule has 0 spiro atoms. The molecule has 1 aliphatic rings. The molecule has 3 heterocycles. The van der Waals surface area contributed by atoms with Crippen LogP contribution in [0.2, 0.25) is 10.0 Å². The summed E-state index contributed by atoms with van der Waals surface area (Å²) < 4.78 is 5.39. The molecular formula is C17H14Cl2N4O2. The molecule has 8 heteroatoms. The minimum absolute atomic E-state index is 0.280. The smallest absolute Gasteiger partial charge is 0.342 e. The van der Waals surface area contributed by atoms with Crippen LogP contribution >= 0.6 is 23.2 Å². The van der Waals surface area contributed by atoms with Crippen LogP contribution in [0.4, 0.5) is 5.95 Å². The first-order valence-electron chi connectivity index (χ1n) is 7.74. The minimum atomic E-state index is -0.431. The summed E-state index contributed by atoms with van der Waals surface area (Å²) in [6.07, 6.45) is 2.47. The fourth-order valence-electron chi connectivity index (χ4n) is 3.06. The lowest BCUT2D eigenvalue weighted by atomic mass is 10.1. The van der Waals surface area contributed by atoms with Gasteiger partial charge in [-0.15, -0.1) is 0 Å². The molecule has 0 saturated heterocycles. The van der Waals surface area contributed by atoms with Crippen molar-refractivity contribution in [2.75, 3.05) is 12.3 Å². The summed E-state index contributed by atoms with van der Waals surface area (Å²) >= 11 is 12.5. The Morgan fingerprint density at radius 1 is 1.32 bits per heavy atom. The number of nitrogens with two attached hydrogens (primary N) is 1. The number of aromatic nitrogens is 2. The summed E-state index contributed by atoms with van der Waals surface area (Å²) in [6, 6.07) is 5.01. The van der Waals surface area contributed by atoms with Gasteiger partial charge in [0, 0.05) is 48.2 Å². The Kier molecular flexibility index (Phi) is 4.11. The van der Waals surface area contributed by atoms with Crippen molar-refractivity contribution in [1.82, 2.24) is 14.9 Å². The van der Waals surface area contributed by atoms with Gasteiger partial charge in [0.15, 0.2) is 0 Å². The standard InChI is InChI=1S/C17H14Cl2N4O2/c18-10-1-2-14-11(5-10)15(19)12(16(24)25-14)8-23-4-3-13-9(7-23)6-21-17(20)22-13/h1-2,5-6H,3-4,7-8H2,(H2,20,21,22). The van der Waals surface area contributed by atoms with Gasteiger partial charge >= 0.3 is 5.63 Å². The molecule has 3 aromatic rings. The fourth-order valence-corrected chi connectivity index (χ4v) is 3.52. The van der Waals surface area contributed by atoms with Gasteiger partial charge in [-0.25, -0.2) is 14.8 Å². The van der Waals surface area contributed by atoms with Crippen molar-refractivity contribution < 1.29 is 4.42 Å². The second-order valence-corrected chi connectivity index (χ2v) is 6.80. The van der Waals surface area contributed by atoms with E-state index in [1.165, 1.54) is 0 Å². The van der Waals surface area contributed by atoms with Crippen LogP contribution in [0, 0.1) is 0 Å². The van der Waals surface area contributed by atoms with E-state index in [4.69, 9.17) is 33.4 Å². The monoisotopic (exact) mass is 376 g/mol. The molecule has 2 N–H and O–H groups in total. The van der Waals surface area contributed by atoms with Gasteiger partial charge in [-0.1, -0.05) is 23.2 Å². The Balaban J connectivity index is 1.67. The van der Waals surface area contributed by atoms with Gasteiger partial charge in [0.2, 0.25) is 5.95 Å². The van der Waals surface area contributed by atoms with Crippen LogP contribution in [0.15, 0.2) is 33.6 Å². The van der Waals surface area contributed by atoms with Gasteiger partial charge in [-0.05, 0) is 18.2 Å². The topological polar surface area (TPSA) is 85.2 Å². The molecule has 0 radical (unpaired) electrons. The van der Waals surface area contributed by atoms with Gasteiger partial charge in [0.1, 0.15) is 5.58 Å². The third-order valence-corrected chi connectivity index (χ3v) is 4.97. The second kappa shape index (κ2) is 6.29. The van der Waals surface area contributed by atoms with E-state index < -0.39 is 5.63 Å². The molecule has 2 aromatic heterocycles. The number of rotatable bonds is 2. The predicted octanol–water partition coefficient (Wildman–Crippen LogP) is 3.03. The highest BCUT2D eigenvalue weighted by atomic mass is 35.5. The maximum atomic E-state index is 12.4. The Labute approximate surface area is 153 Å². The minimum Gasteiger partial charge on any atom is -0.422 e. The van der Waals surface area contributed by atoms with Gasteiger partial charge in [0.25, 0.3) is 0 Å². The molecule has 0 atom stereocenters. The highest BCUT2D eigenvalue weighted by Crippen LogP contribution is 2.29. The first kappa shape index (κ1) is 16.3. The van der Waals surface area contributed by atoms with Crippen LogP contribution in [0.5, 0.6) is 0 Å². The average molecular weight is 377 g/mol. The molecule has 0 aliphatic carbocycles. The molecule has 4 rings (SSSR count). The van der Waals surface area contributed by atoms with Crippen LogP contribution in [-0.2, 0) is 19.5 Å². The number of nitrogen functional groups attached to an aromatic ring is 1. The zero-order valence-corrected chi connectivity index (χ0v) is 14.6. The third-order valence-electron chi connectivity index (χ3n) is 4.31. The molecule has 1 aromatic carbocycles. The van der Waals surface area contributed by atoms with Crippen molar-refractivity contribution in [3.05, 3.63) is 61.7 Å². The van der Waals surface area contributed by atoms with E-state index in [0.29, 0.717) is 39.7 Å². The molecule has 128 valence electrons. The Hall–Kier alpha value is -2.15. The largest absolute Gasteiger partial charge is 0.422 e. The van der Waals surface area contributed by atoms with Gasteiger partial charge in [-0.3, -0.25) is 4.90 Å². The zero-order chi connectivity index (χ0) is 17.6. The summed E-state index contributed by atoms with van der Waals surface area (Å²) in [5.74, 6) is 0.280. The molecule has 6 nitrogen and oxygen atoms in total. The van der Waals surface area contributed by atoms with Crippen molar-refractivity contribution in [3.8, 4) is 0 Å². The van der Waals surface area contributed by atoms with Crippen molar-refractivity contribution in [2.45, 2.75) is 19.5 Å². The van der Waals surface area contributed by atoms with Crippen LogP contribution in [0.1, 0.15) is 16.8 Å². The Bertz CT molecular complexity index is 1040. The van der Waals surface area contributed by atoms with Crippen LogP contribution < -0.4 is 11.4 Å². The summed E-state index contributed by atoms with van der Waals surface area (Å²) in [5, 5.41) is 1.56. The summed E-state index contributed by atoms with van der Waals surface area (Å²) in [4.78, 5) is 22.8. The maximum Gasteiger partial charge on any atom is 0.342 e. The lowest BCUT2D eigenvalue weighted by Crippen LogP contribution is -2.32. The summed E-state index contributed by atoms with van der Waals surface area (Å²) in [7, 11) is 0. The number of nitrogens with zero attached hydrogens (tertiary/aromatic N) is 3. The molecular weight excluding hydrogens is 363 g/mol. The van der Waals surface area contributed by atoms with E-state index in [1.54, 1.807) is 24.4 Å². The second-order valence-electron chi connectivity index (χ2n) is 5.98. The SMILES string of the molecule is Nc1ncc2c(n1)CCN(Cc1c(Cl)c3cc(Cl)ccc3oc1=O)C2. The third kappa shape index (κ3) is 3.08. The molecule has 1 aliphatic heterocycles. The van der Waals surface area contributed by atoms with E-state index in [2.05, 4.69) is 14.9 Å². The van der Waals surface area contributed by atoms with E-state index in [1.807, 2.05) is 0 Å². The molecule has 25 heavy (non-hydrogen) atoms. The van der Waals surface area contributed by atoms with Gasteiger partial charge in [0.05, 0.1) is 16.3 Å².